The topological polar surface area (TPSA) is 93.9 Å². The minimum absolute atomic E-state index is 0.125. The Bertz CT molecular complexity index is 1400. The first-order valence-corrected chi connectivity index (χ1v) is 11.4. The van der Waals surface area contributed by atoms with E-state index >= 15 is 0 Å². The van der Waals surface area contributed by atoms with Crippen molar-refractivity contribution in [1.29, 1.82) is 0 Å². The molecule has 0 bridgehead atoms. The van der Waals surface area contributed by atoms with Gasteiger partial charge in [0, 0.05) is 35.2 Å². The Morgan fingerprint density at radius 1 is 1.12 bits per heavy atom. The summed E-state index contributed by atoms with van der Waals surface area (Å²) in [6.07, 6.45) is 1.18. The third-order valence-electron chi connectivity index (χ3n) is 7.08. The van der Waals surface area contributed by atoms with E-state index in [2.05, 4.69) is 17.9 Å². The number of hydrogen-bond acceptors (Lipinski definition) is 7. The monoisotopic (exact) mass is 447 g/mol. The minimum Gasteiger partial charge on any atom is -0.478 e. The van der Waals surface area contributed by atoms with E-state index in [0.717, 1.165) is 47.3 Å². The van der Waals surface area contributed by atoms with Crippen molar-refractivity contribution in [3.8, 4) is 17.1 Å². The second-order valence-electron chi connectivity index (χ2n) is 9.03. The molecule has 8 heteroatoms. The van der Waals surface area contributed by atoms with Crippen molar-refractivity contribution < 1.29 is 19.4 Å². The van der Waals surface area contributed by atoms with E-state index in [9.17, 15) is 14.7 Å². The van der Waals surface area contributed by atoms with E-state index in [0.29, 0.717) is 35.8 Å². The molecule has 0 radical (unpaired) electrons. The fourth-order valence-electron chi connectivity index (χ4n) is 5.28. The van der Waals surface area contributed by atoms with Gasteiger partial charge in [-0.3, -0.25) is 9.69 Å². The molecule has 8 nitrogen and oxygen atoms in total. The molecule has 170 valence electrons. The summed E-state index contributed by atoms with van der Waals surface area (Å²) in [5, 5.41) is 12.0. The Hall–Kier alpha value is -3.23. The highest BCUT2D eigenvalue weighted by atomic mass is 16.6. The van der Waals surface area contributed by atoms with E-state index in [-0.39, 0.29) is 18.6 Å². The zero-order chi connectivity index (χ0) is 22.9. The molecule has 33 heavy (non-hydrogen) atoms. The maximum absolute atomic E-state index is 13.3. The van der Waals surface area contributed by atoms with Gasteiger partial charge in [0.1, 0.15) is 19.1 Å². The van der Waals surface area contributed by atoms with E-state index in [1.165, 1.54) is 0 Å². The fourth-order valence-corrected chi connectivity index (χ4v) is 5.28. The lowest BCUT2D eigenvalue weighted by molar-refractivity contribution is -0.172. The highest BCUT2D eigenvalue weighted by Crippen LogP contribution is 2.40. The van der Waals surface area contributed by atoms with Gasteiger partial charge in [-0.2, -0.15) is 0 Å². The van der Waals surface area contributed by atoms with Gasteiger partial charge >= 0.3 is 5.97 Å². The maximum Gasteiger partial charge on any atom is 0.343 e. The molecule has 5 heterocycles. The molecule has 0 aliphatic carbocycles. The van der Waals surface area contributed by atoms with Crippen molar-refractivity contribution in [2.45, 2.75) is 52.0 Å². The largest absolute Gasteiger partial charge is 0.478 e. The number of carbonyl (C=O) groups is 1. The van der Waals surface area contributed by atoms with Crippen LogP contribution >= 0.6 is 0 Å². The molecule has 3 aliphatic rings. The average Bonchev–Trinajstić information content (AvgIpc) is 3.18. The quantitative estimate of drug-likeness (QED) is 0.483. The van der Waals surface area contributed by atoms with Gasteiger partial charge < -0.3 is 19.1 Å². The SMILES string of the molecule is CCCN1COc2ccc3nc4c(cc3c2C1)Cn1c-4cc2c(c1=O)COC(=O)[C@]2(O)CC. The van der Waals surface area contributed by atoms with Crippen molar-refractivity contribution in [1.82, 2.24) is 14.5 Å². The van der Waals surface area contributed by atoms with Gasteiger partial charge in [-0.25, -0.2) is 9.78 Å². The molecule has 0 fully saturated rings. The van der Waals surface area contributed by atoms with Crippen LogP contribution in [0.5, 0.6) is 5.75 Å². The van der Waals surface area contributed by atoms with Crippen LogP contribution < -0.4 is 10.3 Å². The standard InChI is InChI=1S/C25H25N3O5/c1-3-7-27-11-16-15-8-14-10-28-20(22(14)26-19(15)5-6-21(16)33-13-27)9-18-17(23(28)29)12-32-24(30)25(18,31)4-2/h5-6,8-9,31H,3-4,7,10-13H2,1-2H3/t25-/m0/s1. The number of nitrogens with zero attached hydrogens (tertiary/aromatic N) is 3. The third kappa shape index (κ3) is 2.80. The Labute approximate surface area is 190 Å². The van der Waals surface area contributed by atoms with Crippen LogP contribution in [0.4, 0.5) is 0 Å². The maximum atomic E-state index is 13.3. The Morgan fingerprint density at radius 2 is 1.97 bits per heavy atom. The van der Waals surface area contributed by atoms with Crippen LogP contribution in [0, 0.1) is 0 Å². The number of hydrogen-bond donors (Lipinski definition) is 1. The van der Waals surface area contributed by atoms with Crippen LogP contribution in [0.2, 0.25) is 0 Å². The predicted octanol–water partition coefficient (Wildman–Crippen LogP) is 2.64. The second kappa shape index (κ2) is 7.13. The Kier molecular flexibility index (Phi) is 4.41. The first-order valence-electron chi connectivity index (χ1n) is 11.4. The number of fused-ring (bicyclic) bond motifs is 7. The minimum atomic E-state index is -1.82. The first-order chi connectivity index (χ1) is 15.9. The number of ether oxygens (including phenoxy) is 2. The summed E-state index contributed by atoms with van der Waals surface area (Å²) in [6, 6.07) is 7.76. The molecule has 0 spiro atoms. The average molecular weight is 447 g/mol. The van der Waals surface area contributed by atoms with Gasteiger partial charge in [-0.1, -0.05) is 13.8 Å². The van der Waals surface area contributed by atoms with E-state index in [4.69, 9.17) is 14.5 Å². The van der Waals surface area contributed by atoms with Crippen LogP contribution in [0.3, 0.4) is 0 Å². The van der Waals surface area contributed by atoms with E-state index in [1.54, 1.807) is 17.6 Å². The van der Waals surface area contributed by atoms with E-state index < -0.39 is 11.6 Å². The van der Waals surface area contributed by atoms with Crippen LogP contribution in [-0.2, 0) is 34.8 Å². The second-order valence-corrected chi connectivity index (χ2v) is 9.03. The lowest BCUT2D eigenvalue weighted by atomic mass is 9.86. The van der Waals surface area contributed by atoms with Crippen LogP contribution in [0.1, 0.15) is 48.9 Å². The summed E-state index contributed by atoms with van der Waals surface area (Å²) < 4.78 is 12.8. The number of carbonyl (C=O) groups excluding carboxylic acids is 1. The van der Waals surface area contributed by atoms with Crippen molar-refractivity contribution >= 4 is 16.9 Å². The highest BCUT2D eigenvalue weighted by Gasteiger charge is 2.45. The normalized spacial score (nSPS) is 21.1. The zero-order valence-electron chi connectivity index (χ0n) is 18.7. The summed E-state index contributed by atoms with van der Waals surface area (Å²) >= 11 is 0. The zero-order valence-corrected chi connectivity index (χ0v) is 18.7. The van der Waals surface area contributed by atoms with Crippen molar-refractivity contribution in [3.63, 3.8) is 0 Å². The van der Waals surface area contributed by atoms with E-state index in [1.807, 2.05) is 12.1 Å². The molecular weight excluding hydrogens is 422 g/mol. The van der Waals surface area contributed by atoms with Crippen molar-refractivity contribution in [2.75, 3.05) is 13.3 Å². The lowest BCUT2D eigenvalue weighted by Gasteiger charge is -2.31. The molecule has 0 amide bonds. The number of benzene rings is 1. The van der Waals surface area contributed by atoms with Gasteiger partial charge in [0.25, 0.3) is 5.56 Å². The first kappa shape index (κ1) is 20.4. The Balaban J connectivity index is 1.52. The summed E-state index contributed by atoms with van der Waals surface area (Å²) in [6.45, 7) is 6.46. The van der Waals surface area contributed by atoms with Crippen LogP contribution in [-0.4, -0.2) is 38.8 Å². The van der Waals surface area contributed by atoms with Crippen molar-refractivity contribution in [3.05, 3.63) is 56.9 Å². The number of aliphatic hydroxyl groups is 1. The summed E-state index contributed by atoms with van der Waals surface area (Å²) in [4.78, 5) is 32.9. The molecule has 6 rings (SSSR count). The molecule has 3 aliphatic heterocycles. The lowest BCUT2D eigenvalue weighted by Crippen LogP contribution is -2.44. The third-order valence-corrected chi connectivity index (χ3v) is 7.08. The Morgan fingerprint density at radius 3 is 2.76 bits per heavy atom. The summed E-state index contributed by atoms with van der Waals surface area (Å²) in [7, 11) is 0. The fraction of sp³-hybridized carbons (Fsp3) is 0.400. The van der Waals surface area contributed by atoms with Gasteiger partial charge in [0.2, 0.25) is 0 Å². The summed E-state index contributed by atoms with van der Waals surface area (Å²) in [5.41, 5.74) is 2.82. The van der Waals surface area contributed by atoms with Crippen LogP contribution in [0.25, 0.3) is 22.3 Å². The molecular formula is C25H25N3O5. The number of aromatic nitrogens is 2. The van der Waals surface area contributed by atoms with Crippen LogP contribution in [0.15, 0.2) is 29.1 Å². The van der Waals surface area contributed by atoms with Gasteiger partial charge in [-0.15, -0.1) is 0 Å². The molecule has 2 aromatic heterocycles. The molecule has 3 aromatic rings. The highest BCUT2D eigenvalue weighted by molar-refractivity contribution is 5.89. The number of cyclic esters (lactones) is 1. The number of esters is 1. The van der Waals surface area contributed by atoms with Crippen molar-refractivity contribution in [2.24, 2.45) is 0 Å². The number of rotatable bonds is 3. The summed E-state index contributed by atoms with van der Waals surface area (Å²) in [5.74, 6) is 0.165. The van der Waals surface area contributed by atoms with Gasteiger partial charge in [0.05, 0.1) is 29.0 Å². The molecule has 0 saturated heterocycles. The molecule has 0 saturated carbocycles. The number of pyridine rings is 2. The molecule has 1 atom stereocenters. The molecule has 0 unspecified atom stereocenters. The molecule has 1 N–H and O–H groups in total. The van der Waals surface area contributed by atoms with Gasteiger partial charge in [-0.05, 0) is 37.1 Å². The molecule has 1 aromatic carbocycles. The van der Waals surface area contributed by atoms with Gasteiger partial charge in [0.15, 0.2) is 5.60 Å². The predicted molar refractivity (Wildman–Crippen MR) is 121 cm³/mol. The smallest absolute Gasteiger partial charge is 0.343 e.